The van der Waals surface area contributed by atoms with Crippen LogP contribution in [0.5, 0.6) is 0 Å². The SMILES string of the molecule is CCCC[C@@H]1CN(C(=O)c2c(C)ccn(C3CC3)c2=O)C[C@H](C2CC2)O1. The summed E-state index contributed by atoms with van der Waals surface area (Å²) in [7, 11) is 0. The molecule has 1 aromatic heterocycles. The lowest BCUT2D eigenvalue weighted by molar-refractivity contribution is -0.0874. The molecule has 3 fully saturated rings. The molecular formula is C21H30N2O3. The molecule has 1 aliphatic heterocycles. The second-order valence-electron chi connectivity index (χ2n) is 8.30. The predicted molar refractivity (Wildman–Crippen MR) is 101 cm³/mol. The minimum atomic E-state index is -0.114. The van der Waals surface area contributed by atoms with E-state index in [4.69, 9.17) is 4.74 Å². The van der Waals surface area contributed by atoms with E-state index in [0.717, 1.165) is 37.7 Å². The van der Waals surface area contributed by atoms with Crippen LogP contribution in [0.2, 0.25) is 0 Å². The molecule has 1 saturated heterocycles. The molecule has 0 bridgehead atoms. The molecule has 0 aromatic carbocycles. The number of carbonyl (C=O) groups is 1. The third kappa shape index (κ3) is 3.59. The molecule has 0 radical (unpaired) electrons. The minimum absolute atomic E-state index is 0.0991. The average Bonchev–Trinajstić information content (AvgIpc) is 3.52. The maximum atomic E-state index is 13.3. The van der Waals surface area contributed by atoms with E-state index in [1.807, 2.05) is 24.1 Å². The van der Waals surface area contributed by atoms with Crippen LogP contribution in [0.15, 0.2) is 17.1 Å². The summed E-state index contributed by atoms with van der Waals surface area (Å²) in [6, 6.07) is 2.20. The van der Waals surface area contributed by atoms with Crippen molar-refractivity contribution in [1.82, 2.24) is 9.47 Å². The van der Waals surface area contributed by atoms with Crippen LogP contribution in [0.3, 0.4) is 0 Å². The van der Waals surface area contributed by atoms with Crippen LogP contribution in [0.1, 0.15) is 73.8 Å². The van der Waals surface area contributed by atoms with Crippen molar-refractivity contribution in [3.8, 4) is 0 Å². The summed E-state index contributed by atoms with van der Waals surface area (Å²) in [5.74, 6) is 0.493. The van der Waals surface area contributed by atoms with Gasteiger partial charge in [0, 0.05) is 25.3 Å². The molecule has 26 heavy (non-hydrogen) atoms. The molecule has 2 heterocycles. The van der Waals surface area contributed by atoms with Gasteiger partial charge in [0.25, 0.3) is 11.5 Å². The van der Waals surface area contributed by atoms with E-state index >= 15 is 0 Å². The van der Waals surface area contributed by atoms with Gasteiger partial charge in [-0.2, -0.15) is 0 Å². The highest BCUT2D eigenvalue weighted by molar-refractivity contribution is 5.95. The van der Waals surface area contributed by atoms with E-state index in [1.54, 1.807) is 4.57 Å². The summed E-state index contributed by atoms with van der Waals surface area (Å²) in [5, 5.41) is 0. The van der Waals surface area contributed by atoms with Crippen molar-refractivity contribution >= 4 is 5.91 Å². The van der Waals surface area contributed by atoms with Gasteiger partial charge < -0.3 is 14.2 Å². The maximum absolute atomic E-state index is 13.3. The first-order chi connectivity index (χ1) is 12.6. The summed E-state index contributed by atoms with van der Waals surface area (Å²) in [4.78, 5) is 28.1. The number of unbranched alkanes of at least 4 members (excludes halogenated alkanes) is 1. The Hall–Kier alpha value is -1.62. The molecule has 5 heteroatoms. The smallest absolute Gasteiger partial charge is 0.263 e. The molecule has 1 amide bonds. The number of morpholine rings is 1. The minimum Gasteiger partial charge on any atom is -0.371 e. The first-order valence-electron chi connectivity index (χ1n) is 10.2. The fourth-order valence-corrected chi connectivity index (χ4v) is 4.06. The summed E-state index contributed by atoms with van der Waals surface area (Å²) < 4.78 is 8.04. The number of rotatable bonds is 6. The topological polar surface area (TPSA) is 51.5 Å². The van der Waals surface area contributed by atoms with Crippen molar-refractivity contribution in [3.63, 3.8) is 0 Å². The molecule has 0 spiro atoms. The predicted octanol–water partition coefficient (Wildman–Crippen LogP) is 3.30. The molecule has 3 aliphatic rings. The van der Waals surface area contributed by atoms with Gasteiger partial charge in [-0.25, -0.2) is 0 Å². The van der Waals surface area contributed by atoms with Crippen molar-refractivity contribution in [2.24, 2.45) is 5.92 Å². The van der Waals surface area contributed by atoms with Crippen LogP contribution in [0.4, 0.5) is 0 Å². The Bertz CT molecular complexity index is 733. The quantitative estimate of drug-likeness (QED) is 0.784. The lowest BCUT2D eigenvalue weighted by Gasteiger charge is -2.38. The van der Waals surface area contributed by atoms with Gasteiger partial charge in [0.2, 0.25) is 0 Å². The van der Waals surface area contributed by atoms with Crippen LogP contribution in [-0.2, 0) is 4.74 Å². The molecule has 2 aliphatic carbocycles. The number of ether oxygens (including phenoxy) is 1. The molecule has 5 nitrogen and oxygen atoms in total. The third-order valence-electron chi connectivity index (χ3n) is 5.99. The third-order valence-corrected chi connectivity index (χ3v) is 5.99. The van der Waals surface area contributed by atoms with Gasteiger partial charge in [0.1, 0.15) is 5.56 Å². The molecule has 1 aromatic rings. The highest BCUT2D eigenvalue weighted by Crippen LogP contribution is 2.37. The van der Waals surface area contributed by atoms with E-state index < -0.39 is 0 Å². The Morgan fingerprint density at radius 2 is 2.00 bits per heavy atom. The number of aromatic nitrogens is 1. The highest BCUT2D eigenvalue weighted by Gasteiger charge is 2.40. The number of hydrogen-bond donors (Lipinski definition) is 0. The number of nitrogens with zero attached hydrogens (tertiary/aromatic N) is 2. The molecule has 4 rings (SSSR count). The van der Waals surface area contributed by atoms with Crippen molar-refractivity contribution < 1.29 is 9.53 Å². The zero-order valence-corrected chi connectivity index (χ0v) is 15.9. The Labute approximate surface area is 155 Å². The van der Waals surface area contributed by atoms with E-state index in [1.165, 1.54) is 12.8 Å². The zero-order valence-electron chi connectivity index (χ0n) is 15.9. The van der Waals surface area contributed by atoms with Crippen LogP contribution in [-0.4, -0.2) is 40.7 Å². The first-order valence-corrected chi connectivity index (χ1v) is 10.2. The fraction of sp³-hybridized carbons (Fsp3) is 0.714. The van der Waals surface area contributed by atoms with Gasteiger partial charge >= 0.3 is 0 Å². The van der Waals surface area contributed by atoms with Crippen molar-refractivity contribution in [2.45, 2.75) is 77.0 Å². The monoisotopic (exact) mass is 358 g/mol. The van der Waals surface area contributed by atoms with Gasteiger partial charge in [0.15, 0.2) is 0 Å². The maximum Gasteiger partial charge on any atom is 0.263 e. The Morgan fingerprint density at radius 3 is 2.65 bits per heavy atom. The van der Waals surface area contributed by atoms with Crippen LogP contribution in [0, 0.1) is 12.8 Å². The standard InChI is InChI=1S/C21H30N2O3/c1-3-4-5-17-12-22(13-18(26-17)15-6-7-15)20(24)19-14(2)10-11-23(21(19)25)16-8-9-16/h10-11,15-18H,3-9,12-13H2,1-2H3/t17-,18-/m1/s1. The molecule has 142 valence electrons. The Kier molecular flexibility index (Phi) is 4.91. The van der Waals surface area contributed by atoms with Gasteiger partial charge in [-0.15, -0.1) is 0 Å². The van der Waals surface area contributed by atoms with Gasteiger partial charge in [0.05, 0.1) is 12.2 Å². The molecular weight excluding hydrogens is 328 g/mol. The van der Waals surface area contributed by atoms with Gasteiger partial charge in [-0.05, 0) is 56.6 Å². The lowest BCUT2D eigenvalue weighted by atomic mass is 10.0. The van der Waals surface area contributed by atoms with Crippen molar-refractivity contribution in [2.75, 3.05) is 13.1 Å². The van der Waals surface area contributed by atoms with E-state index in [2.05, 4.69) is 6.92 Å². The molecule has 0 N–H and O–H groups in total. The molecule has 2 atom stereocenters. The van der Waals surface area contributed by atoms with Crippen molar-refractivity contribution in [1.29, 1.82) is 0 Å². The van der Waals surface area contributed by atoms with Gasteiger partial charge in [-0.1, -0.05) is 19.8 Å². The second-order valence-corrected chi connectivity index (χ2v) is 8.30. The summed E-state index contributed by atoms with van der Waals surface area (Å²) in [5.41, 5.74) is 1.04. The summed E-state index contributed by atoms with van der Waals surface area (Å²) in [6.07, 6.45) is 9.81. The van der Waals surface area contributed by atoms with E-state index in [0.29, 0.717) is 24.6 Å². The average molecular weight is 358 g/mol. The van der Waals surface area contributed by atoms with Crippen LogP contribution in [0.25, 0.3) is 0 Å². The number of amides is 1. The number of aryl methyl sites for hydroxylation is 1. The fourth-order valence-electron chi connectivity index (χ4n) is 4.06. The van der Waals surface area contributed by atoms with E-state index in [-0.39, 0.29) is 29.7 Å². The van der Waals surface area contributed by atoms with Crippen molar-refractivity contribution in [3.05, 3.63) is 33.7 Å². The Morgan fingerprint density at radius 1 is 1.23 bits per heavy atom. The zero-order chi connectivity index (χ0) is 18.3. The lowest BCUT2D eigenvalue weighted by Crippen LogP contribution is -2.52. The van der Waals surface area contributed by atoms with E-state index in [9.17, 15) is 9.59 Å². The summed E-state index contributed by atoms with van der Waals surface area (Å²) in [6.45, 7) is 5.29. The molecule has 0 unspecified atom stereocenters. The highest BCUT2D eigenvalue weighted by atomic mass is 16.5. The van der Waals surface area contributed by atoms with Gasteiger partial charge in [-0.3, -0.25) is 9.59 Å². The van der Waals surface area contributed by atoms with Crippen LogP contribution >= 0.6 is 0 Å². The Balaban J connectivity index is 1.58. The molecule has 2 saturated carbocycles. The number of hydrogen-bond acceptors (Lipinski definition) is 3. The number of carbonyl (C=O) groups excluding carboxylic acids is 1. The summed E-state index contributed by atoms with van der Waals surface area (Å²) >= 11 is 0. The largest absolute Gasteiger partial charge is 0.371 e. The second kappa shape index (κ2) is 7.18. The van der Waals surface area contributed by atoms with Crippen LogP contribution < -0.4 is 5.56 Å². The first kappa shape index (κ1) is 17.8. The normalized spacial score (nSPS) is 26.2. The number of pyridine rings is 1.